The van der Waals surface area contributed by atoms with Gasteiger partial charge in [-0.25, -0.2) is 4.79 Å². The maximum atomic E-state index is 11.6. The molecule has 5 nitrogen and oxygen atoms in total. The van der Waals surface area contributed by atoms with Crippen LogP contribution in [0.2, 0.25) is 0 Å². The molecular formula is C14H17BrNO4-. The molecule has 0 aliphatic rings. The van der Waals surface area contributed by atoms with Crippen LogP contribution in [0.3, 0.4) is 0 Å². The Bertz CT molecular complexity index is 479. The molecular weight excluding hydrogens is 326 g/mol. The van der Waals surface area contributed by atoms with Crippen LogP contribution in [0, 0.1) is 0 Å². The maximum absolute atomic E-state index is 11.6. The van der Waals surface area contributed by atoms with E-state index >= 15 is 0 Å². The number of hydrogen-bond acceptors (Lipinski definition) is 4. The van der Waals surface area contributed by atoms with Gasteiger partial charge in [0.15, 0.2) is 0 Å². The van der Waals surface area contributed by atoms with Crippen molar-refractivity contribution < 1.29 is 19.4 Å². The molecule has 0 saturated heterocycles. The van der Waals surface area contributed by atoms with Crippen molar-refractivity contribution in [2.45, 2.75) is 38.8 Å². The summed E-state index contributed by atoms with van der Waals surface area (Å²) >= 11 is 3.30. The zero-order valence-corrected chi connectivity index (χ0v) is 13.2. The van der Waals surface area contributed by atoms with Gasteiger partial charge in [0.1, 0.15) is 5.60 Å². The highest BCUT2D eigenvalue weighted by Gasteiger charge is 2.20. The SMILES string of the molecule is CC(C)(C)OC(=O)N[C@H](Cc1ccc(Br)cc1)C(=O)[O-]. The van der Waals surface area contributed by atoms with E-state index < -0.39 is 23.7 Å². The van der Waals surface area contributed by atoms with Crippen LogP contribution in [0.5, 0.6) is 0 Å². The monoisotopic (exact) mass is 342 g/mol. The van der Waals surface area contributed by atoms with Crippen LogP contribution in [-0.2, 0) is 16.0 Å². The fraction of sp³-hybridized carbons (Fsp3) is 0.429. The average Bonchev–Trinajstić information content (AvgIpc) is 2.28. The van der Waals surface area contributed by atoms with Crippen LogP contribution in [0.25, 0.3) is 0 Å². The van der Waals surface area contributed by atoms with Crippen molar-refractivity contribution in [3.63, 3.8) is 0 Å². The van der Waals surface area contributed by atoms with Gasteiger partial charge in [-0.2, -0.15) is 0 Å². The first-order chi connectivity index (χ1) is 9.17. The van der Waals surface area contributed by atoms with Crippen molar-refractivity contribution >= 4 is 28.0 Å². The van der Waals surface area contributed by atoms with Crippen LogP contribution >= 0.6 is 15.9 Å². The quantitative estimate of drug-likeness (QED) is 0.901. The highest BCUT2D eigenvalue weighted by Crippen LogP contribution is 2.12. The first-order valence-corrected chi connectivity index (χ1v) is 6.91. The second kappa shape index (κ2) is 6.74. The molecule has 1 atom stereocenters. The van der Waals surface area contributed by atoms with Crippen molar-refractivity contribution in [3.8, 4) is 0 Å². The largest absolute Gasteiger partial charge is 0.548 e. The normalized spacial score (nSPS) is 12.6. The Morgan fingerprint density at radius 1 is 1.30 bits per heavy atom. The van der Waals surface area contributed by atoms with Crippen molar-refractivity contribution in [1.29, 1.82) is 0 Å². The first-order valence-electron chi connectivity index (χ1n) is 6.12. The molecule has 1 rings (SSSR count). The van der Waals surface area contributed by atoms with E-state index in [1.165, 1.54) is 0 Å². The standard InChI is InChI=1S/C14H18BrNO4/c1-14(2,3)20-13(19)16-11(12(17)18)8-9-4-6-10(15)7-5-9/h4-7,11H,8H2,1-3H3,(H,16,19)(H,17,18)/p-1/t11-/m1/s1. The molecule has 1 amide bonds. The Balaban J connectivity index is 2.68. The second-order valence-electron chi connectivity index (χ2n) is 5.35. The number of carboxylic acids is 1. The lowest BCUT2D eigenvalue weighted by Gasteiger charge is -2.24. The van der Waals surface area contributed by atoms with Crippen LogP contribution in [-0.4, -0.2) is 23.7 Å². The lowest BCUT2D eigenvalue weighted by molar-refractivity contribution is -0.308. The van der Waals surface area contributed by atoms with Gasteiger partial charge >= 0.3 is 6.09 Å². The third-order valence-electron chi connectivity index (χ3n) is 2.33. The lowest BCUT2D eigenvalue weighted by atomic mass is 10.1. The molecule has 0 saturated carbocycles. The number of aliphatic carboxylic acids is 1. The van der Waals surface area contributed by atoms with Gasteiger partial charge in [-0.05, 0) is 44.9 Å². The zero-order chi connectivity index (χ0) is 15.3. The molecule has 20 heavy (non-hydrogen) atoms. The summed E-state index contributed by atoms with van der Waals surface area (Å²) in [6, 6.07) is 6.02. The van der Waals surface area contributed by atoms with Crippen molar-refractivity contribution in [2.24, 2.45) is 0 Å². The summed E-state index contributed by atoms with van der Waals surface area (Å²) in [4.78, 5) is 22.7. The summed E-state index contributed by atoms with van der Waals surface area (Å²) in [6.07, 6.45) is -0.640. The molecule has 0 aromatic heterocycles. The Hall–Kier alpha value is -1.56. The van der Waals surface area contributed by atoms with E-state index in [1.54, 1.807) is 45.0 Å². The Morgan fingerprint density at radius 2 is 1.85 bits per heavy atom. The second-order valence-corrected chi connectivity index (χ2v) is 6.26. The van der Waals surface area contributed by atoms with Gasteiger partial charge in [0.05, 0.1) is 12.0 Å². The molecule has 1 aromatic rings. The molecule has 0 spiro atoms. The van der Waals surface area contributed by atoms with Gasteiger partial charge in [-0.3, -0.25) is 0 Å². The summed E-state index contributed by atoms with van der Waals surface area (Å²) < 4.78 is 5.92. The molecule has 6 heteroatoms. The summed E-state index contributed by atoms with van der Waals surface area (Å²) in [5, 5.41) is 13.4. The number of carbonyl (C=O) groups excluding carboxylic acids is 2. The number of alkyl carbamates (subject to hydrolysis) is 1. The highest BCUT2D eigenvalue weighted by molar-refractivity contribution is 9.10. The summed E-state index contributed by atoms with van der Waals surface area (Å²) in [7, 11) is 0. The molecule has 0 bridgehead atoms. The van der Waals surface area contributed by atoms with Crippen LogP contribution in [0.1, 0.15) is 26.3 Å². The Morgan fingerprint density at radius 3 is 2.30 bits per heavy atom. The molecule has 0 heterocycles. The molecule has 0 aliphatic carbocycles. The van der Waals surface area contributed by atoms with E-state index in [0.717, 1.165) is 10.0 Å². The van der Waals surface area contributed by atoms with Gasteiger partial charge in [0.2, 0.25) is 0 Å². The van der Waals surface area contributed by atoms with Gasteiger partial charge in [0.25, 0.3) is 0 Å². The molecule has 1 aromatic carbocycles. The fourth-order valence-electron chi connectivity index (χ4n) is 1.50. The van der Waals surface area contributed by atoms with Gasteiger partial charge in [-0.1, -0.05) is 28.1 Å². The molecule has 1 N–H and O–H groups in total. The fourth-order valence-corrected chi connectivity index (χ4v) is 1.76. The first kappa shape index (κ1) is 16.5. The van der Waals surface area contributed by atoms with E-state index in [0.29, 0.717) is 0 Å². The third-order valence-corrected chi connectivity index (χ3v) is 2.86. The highest BCUT2D eigenvalue weighted by atomic mass is 79.9. The Kier molecular flexibility index (Phi) is 5.56. The number of amides is 1. The number of ether oxygens (including phenoxy) is 1. The van der Waals surface area contributed by atoms with Crippen molar-refractivity contribution in [3.05, 3.63) is 34.3 Å². The van der Waals surface area contributed by atoms with Crippen LogP contribution in [0.15, 0.2) is 28.7 Å². The molecule has 0 radical (unpaired) electrons. The minimum Gasteiger partial charge on any atom is -0.548 e. The van der Waals surface area contributed by atoms with Crippen LogP contribution < -0.4 is 10.4 Å². The number of hydrogen-bond donors (Lipinski definition) is 1. The van der Waals surface area contributed by atoms with Crippen molar-refractivity contribution in [1.82, 2.24) is 5.32 Å². The predicted octanol–water partition coefficient (Wildman–Crippen LogP) is 1.63. The number of halogens is 1. The molecule has 0 aliphatic heterocycles. The molecule has 0 unspecified atom stereocenters. The number of rotatable bonds is 4. The number of benzene rings is 1. The van der Waals surface area contributed by atoms with Gasteiger partial charge in [-0.15, -0.1) is 0 Å². The molecule has 110 valence electrons. The maximum Gasteiger partial charge on any atom is 0.408 e. The number of carboxylic acid groups (broad SMARTS) is 1. The van der Waals surface area contributed by atoms with E-state index in [-0.39, 0.29) is 6.42 Å². The Labute approximate surface area is 126 Å². The molecule has 0 fully saturated rings. The average molecular weight is 343 g/mol. The van der Waals surface area contributed by atoms with Gasteiger partial charge < -0.3 is 20.0 Å². The van der Waals surface area contributed by atoms with Crippen molar-refractivity contribution in [2.75, 3.05) is 0 Å². The van der Waals surface area contributed by atoms with E-state index in [2.05, 4.69) is 21.2 Å². The third kappa shape index (κ3) is 6.06. The zero-order valence-electron chi connectivity index (χ0n) is 11.6. The van der Waals surface area contributed by atoms with E-state index in [1.807, 2.05) is 0 Å². The topological polar surface area (TPSA) is 78.5 Å². The van der Waals surface area contributed by atoms with Crippen LogP contribution in [0.4, 0.5) is 4.79 Å². The lowest BCUT2D eigenvalue weighted by Crippen LogP contribution is -2.50. The summed E-state index contributed by atoms with van der Waals surface area (Å²) in [5.74, 6) is -1.35. The summed E-state index contributed by atoms with van der Waals surface area (Å²) in [6.45, 7) is 5.11. The minimum atomic E-state index is -1.35. The smallest absolute Gasteiger partial charge is 0.408 e. The van der Waals surface area contributed by atoms with Gasteiger partial charge in [0, 0.05) is 4.47 Å². The van der Waals surface area contributed by atoms with E-state index in [4.69, 9.17) is 4.74 Å². The predicted molar refractivity (Wildman–Crippen MR) is 76.0 cm³/mol. The number of nitrogens with one attached hydrogen (secondary N) is 1. The minimum absolute atomic E-state index is 0.134. The number of carbonyl (C=O) groups is 2. The van der Waals surface area contributed by atoms with E-state index in [9.17, 15) is 14.7 Å². The summed E-state index contributed by atoms with van der Waals surface area (Å²) in [5.41, 5.74) is 0.0940.